The number of hydrazone groups is 1. The zero-order valence-electron chi connectivity index (χ0n) is 19.1. The molecule has 1 atom stereocenters. The van der Waals surface area contributed by atoms with E-state index in [1.165, 1.54) is 12.1 Å². The highest BCUT2D eigenvalue weighted by molar-refractivity contribution is 7.90. The van der Waals surface area contributed by atoms with E-state index in [-0.39, 0.29) is 30.0 Å². The lowest BCUT2D eigenvalue weighted by Gasteiger charge is -2.19. The predicted octanol–water partition coefficient (Wildman–Crippen LogP) is 0.895. The summed E-state index contributed by atoms with van der Waals surface area (Å²) in [6.45, 7) is -0.0470. The number of aromatic nitrogens is 3. The maximum Gasteiger partial charge on any atom is 0.285 e. The van der Waals surface area contributed by atoms with E-state index in [4.69, 9.17) is 16.7 Å². The van der Waals surface area contributed by atoms with E-state index in [1.54, 1.807) is 12.1 Å². The number of sulfonamides is 2. The highest BCUT2D eigenvalue weighted by Gasteiger charge is 2.33. The van der Waals surface area contributed by atoms with Crippen LogP contribution in [0.2, 0.25) is 5.02 Å². The van der Waals surface area contributed by atoms with E-state index >= 15 is 0 Å². The van der Waals surface area contributed by atoms with Gasteiger partial charge in [-0.1, -0.05) is 54.1 Å². The monoisotopic (exact) mass is 550 g/mol. The maximum atomic E-state index is 13.0. The van der Waals surface area contributed by atoms with Crippen molar-refractivity contribution in [1.82, 2.24) is 24.7 Å². The molecule has 3 N–H and O–H groups in total. The molecular weight excluding hydrogens is 528 g/mol. The fraction of sp³-hybridized carbons (Fsp3) is 0.238. The Kier molecular flexibility index (Phi) is 7.40. The van der Waals surface area contributed by atoms with Crippen molar-refractivity contribution in [2.45, 2.75) is 10.9 Å². The Balaban J connectivity index is 1.73. The molecule has 2 heterocycles. The van der Waals surface area contributed by atoms with Crippen LogP contribution in [0.5, 0.6) is 0 Å². The van der Waals surface area contributed by atoms with Gasteiger partial charge in [0.2, 0.25) is 21.0 Å². The van der Waals surface area contributed by atoms with Crippen molar-refractivity contribution in [2.75, 3.05) is 18.8 Å². The SMILES string of the molecule is Cn1ncc(S(=O)(=O)NC(=NCCS(N)(=O)=O)N2C[C@H](c3ccccc3)C(c3ccc(Cl)cc3)=N2)n1. The Labute approximate surface area is 213 Å². The van der Waals surface area contributed by atoms with Gasteiger partial charge in [0.1, 0.15) is 0 Å². The van der Waals surface area contributed by atoms with E-state index < -0.39 is 25.8 Å². The number of aryl methyl sites for hydroxylation is 1. The van der Waals surface area contributed by atoms with Gasteiger partial charge in [-0.15, -0.1) is 5.10 Å². The van der Waals surface area contributed by atoms with Gasteiger partial charge in [-0.2, -0.15) is 23.4 Å². The van der Waals surface area contributed by atoms with Gasteiger partial charge in [0.05, 0.1) is 30.8 Å². The van der Waals surface area contributed by atoms with E-state index in [1.807, 2.05) is 42.5 Å². The lowest BCUT2D eigenvalue weighted by molar-refractivity contribution is 0.461. The number of benzene rings is 2. The molecule has 3 aromatic rings. The van der Waals surface area contributed by atoms with Crippen molar-refractivity contribution in [1.29, 1.82) is 0 Å². The molecule has 1 aliphatic heterocycles. The van der Waals surface area contributed by atoms with Gasteiger partial charge in [0, 0.05) is 18.0 Å². The first-order valence-electron chi connectivity index (χ1n) is 10.6. The zero-order valence-corrected chi connectivity index (χ0v) is 21.4. The van der Waals surface area contributed by atoms with Crippen molar-refractivity contribution in [3.63, 3.8) is 0 Å². The number of nitrogens with two attached hydrogens (primary N) is 1. The Morgan fingerprint density at radius 3 is 2.44 bits per heavy atom. The van der Waals surface area contributed by atoms with Crippen LogP contribution in [-0.2, 0) is 27.1 Å². The van der Waals surface area contributed by atoms with E-state index in [9.17, 15) is 16.8 Å². The smallest absolute Gasteiger partial charge is 0.250 e. The van der Waals surface area contributed by atoms with Gasteiger partial charge >= 0.3 is 0 Å². The summed E-state index contributed by atoms with van der Waals surface area (Å²) in [6, 6.07) is 16.7. The molecular formula is C21H23ClN8O4S2. The first kappa shape index (κ1) is 25.8. The fourth-order valence-electron chi connectivity index (χ4n) is 3.53. The molecule has 0 radical (unpaired) electrons. The summed E-state index contributed by atoms with van der Waals surface area (Å²) in [5.41, 5.74) is 2.40. The van der Waals surface area contributed by atoms with Crippen LogP contribution in [0.4, 0.5) is 0 Å². The number of hydrogen-bond acceptors (Lipinski definition) is 8. The second-order valence-corrected chi connectivity index (χ2v) is 11.7. The van der Waals surface area contributed by atoms with Gasteiger partial charge in [-0.05, 0) is 23.3 Å². The van der Waals surface area contributed by atoms with Crippen LogP contribution in [0, 0.1) is 0 Å². The van der Waals surface area contributed by atoms with E-state index in [2.05, 4.69) is 25.0 Å². The lowest BCUT2D eigenvalue weighted by Crippen LogP contribution is -2.42. The Bertz CT molecular complexity index is 1500. The topological polar surface area (TPSA) is 165 Å². The zero-order chi connectivity index (χ0) is 25.9. The molecule has 1 aromatic heterocycles. The highest BCUT2D eigenvalue weighted by Crippen LogP contribution is 2.29. The molecule has 0 saturated carbocycles. The van der Waals surface area contributed by atoms with E-state index in [0.29, 0.717) is 10.7 Å². The number of rotatable bonds is 7. The number of guanidine groups is 1. The van der Waals surface area contributed by atoms with Crippen molar-refractivity contribution in [3.05, 3.63) is 76.9 Å². The summed E-state index contributed by atoms with van der Waals surface area (Å²) in [6.07, 6.45) is 1.09. The molecule has 190 valence electrons. The Hall–Kier alpha value is -3.33. The largest absolute Gasteiger partial charge is 0.285 e. The van der Waals surface area contributed by atoms with Crippen molar-refractivity contribution in [2.24, 2.45) is 22.3 Å². The van der Waals surface area contributed by atoms with Crippen LogP contribution >= 0.6 is 11.6 Å². The van der Waals surface area contributed by atoms with E-state index in [0.717, 1.165) is 22.1 Å². The number of hydrogen-bond donors (Lipinski definition) is 2. The molecule has 1 aliphatic rings. The summed E-state index contributed by atoms with van der Waals surface area (Å²) in [7, 11) is -6.54. The quantitative estimate of drug-likeness (QED) is 0.325. The minimum Gasteiger partial charge on any atom is -0.250 e. The molecule has 4 rings (SSSR count). The second kappa shape index (κ2) is 10.3. The van der Waals surface area contributed by atoms with Crippen LogP contribution in [-0.4, -0.2) is 67.4 Å². The number of halogens is 1. The van der Waals surface area contributed by atoms with Crippen LogP contribution in [0.15, 0.2) is 75.9 Å². The molecule has 0 spiro atoms. The molecule has 0 fully saturated rings. The molecule has 0 aliphatic carbocycles. The van der Waals surface area contributed by atoms with Crippen LogP contribution in [0.1, 0.15) is 17.0 Å². The maximum absolute atomic E-state index is 13.0. The lowest BCUT2D eigenvalue weighted by atomic mass is 9.91. The van der Waals surface area contributed by atoms with Gasteiger partial charge in [-0.3, -0.25) is 0 Å². The molecule has 0 bridgehead atoms. The van der Waals surface area contributed by atoms with Crippen LogP contribution in [0.3, 0.4) is 0 Å². The predicted molar refractivity (Wildman–Crippen MR) is 135 cm³/mol. The average molecular weight is 551 g/mol. The van der Waals surface area contributed by atoms with Crippen molar-refractivity contribution in [3.8, 4) is 0 Å². The van der Waals surface area contributed by atoms with Gasteiger partial charge in [0.15, 0.2) is 0 Å². The number of aliphatic imine (C=N–C) groups is 1. The average Bonchev–Trinajstić information content (AvgIpc) is 3.46. The Morgan fingerprint density at radius 1 is 1.14 bits per heavy atom. The van der Waals surface area contributed by atoms with Crippen LogP contribution < -0.4 is 9.86 Å². The first-order valence-corrected chi connectivity index (χ1v) is 14.2. The minimum absolute atomic E-state index is 0.172. The molecule has 15 heteroatoms. The molecule has 2 aromatic carbocycles. The summed E-state index contributed by atoms with van der Waals surface area (Å²) in [5, 5.41) is 19.0. The van der Waals surface area contributed by atoms with Crippen molar-refractivity contribution >= 4 is 43.3 Å². The summed E-state index contributed by atoms with van der Waals surface area (Å²) >= 11 is 6.06. The minimum atomic E-state index is -4.20. The first-order chi connectivity index (χ1) is 17.0. The standard InChI is InChI=1S/C21H23ClN8O4S2/c1-29-25-13-19(26-29)36(33,34)28-21(24-11-12-35(23,31)32)30-14-18(15-5-3-2-4-6-15)20(27-30)16-7-9-17(22)10-8-16/h2-10,13,18H,11-12,14H2,1H3,(H,24,28)(H2,23,31,32)/t18-/m1/s1. The van der Waals surface area contributed by atoms with Gasteiger partial charge in [0.25, 0.3) is 10.0 Å². The second-order valence-electron chi connectivity index (χ2n) is 7.89. The number of nitrogens with one attached hydrogen (secondary N) is 1. The molecule has 0 saturated heterocycles. The highest BCUT2D eigenvalue weighted by atomic mass is 35.5. The number of nitrogens with zero attached hydrogens (tertiary/aromatic N) is 6. The molecule has 0 amide bonds. The fourth-order valence-corrected chi connectivity index (χ4v) is 4.93. The molecule has 0 unspecified atom stereocenters. The summed E-state index contributed by atoms with van der Waals surface area (Å²) in [5.74, 6) is -0.890. The third-order valence-corrected chi connectivity index (χ3v) is 7.41. The Morgan fingerprint density at radius 2 is 1.83 bits per heavy atom. The third kappa shape index (κ3) is 6.26. The molecule has 36 heavy (non-hydrogen) atoms. The van der Waals surface area contributed by atoms with Gasteiger partial charge < -0.3 is 0 Å². The normalized spacial score (nSPS) is 16.8. The van der Waals surface area contributed by atoms with Gasteiger partial charge in [-0.25, -0.2) is 28.3 Å². The van der Waals surface area contributed by atoms with Crippen LogP contribution in [0.25, 0.3) is 0 Å². The number of primary sulfonamides is 1. The third-order valence-electron chi connectivity index (χ3n) is 5.22. The summed E-state index contributed by atoms with van der Waals surface area (Å²) < 4.78 is 51.2. The summed E-state index contributed by atoms with van der Waals surface area (Å²) in [4.78, 5) is 5.29. The molecule has 12 nitrogen and oxygen atoms in total. The van der Waals surface area contributed by atoms with Crippen molar-refractivity contribution < 1.29 is 16.8 Å².